The van der Waals surface area contributed by atoms with Crippen LogP contribution in [-0.2, 0) is 32.1 Å². The second-order valence-electron chi connectivity index (χ2n) is 11.2. The average Bonchev–Trinajstić information content (AvgIpc) is 2.89. The number of benzene rings is 2. The van der Waals surface area contributed by atoms with E-state index in [2.05, 4.69) is 21.3 Å². The number of hydrogen-bond acceptors (Lipinski definition) is 5. The van der Waals surface area contributed by atoms with Crippen molar-refractivity contribution in [1.29, 1.82) is 0 Å². The first kappa shape index (κ1) is 32.6. The van der Waals surface area contributed by atoms with E-state index < -0.39 is 11.5 Å². The number of ether oxygens (including phenoxy) is 1. The highest BCUT2D eigenvalue weighted by Crippen LogP contribution is 2.24. The standard InChI is InChI=1S/C30H41ClN4O5/c1-6-21-11-13-23(14-12-21)35-28(39)40-20-30(5,27(38)34-18-22-9-7-8-10-24(22)31)15-16-32-26(37)19-33-25(36)17-29(2,3)4/h7-14H,6,15-20H2,1-5H3,(H,32,37)(H,33,36)(H,34,38)(H,35,39). The summed E-state index contributed by atoms with van der Waals surface area (Å²) in [6, 6.07) is 14.6. The number of anilines is 1. The van der Waals surface area contributed by atoms with Crippen LogP contribution < -0.4 is 21.3 Å². The van der Waals surface area contributed by atoms with Crippen LogP contribution in [0.4, 0.5) is 10.5 Å². The largest absolute Gasteiger partial charge is 0.448 e. The Kier molecular flexibility index (Phi) is 12.4. The van der Waals surface area contributed by atoms with Gasteiger partial charge in [0.25, 0.3) is 0 Å². The van der Waals surface area contributed by atoms with Crippen molar-refractivity contribution in [2.45, 2.75) is 60.4 Å². The topological polar surface area (TPSA) is 126 Å². The van der Waals surface area contributed by atoms with Gasteiger partial charge in [-0.2, -0.15) is 0 Å². The zero-order valence-corrected chi connectivity index (χ0v) is 24.7. The Morgan fingerprint density at radius 1 is 0.875 bits per heavy atom. The number of aryl methyl sites for hydroxylation is 1. The summed E-state index contributed by atoms with van der Waals surface area (Å²) in [6.07, 6.45) is 0.666. The summed E-state index contributed by atoms with van der Waals surface area (Å²) in [6.45, 7) is 9.45. The number of hydrogen-bond donors (Lipinski definition) is 4. The lowest BCUT2D eigenvalue weighted by molar-refractivity contribution is -0.133. The molecule has 0 spiro atoms. The van der Waals surface area contributed by atoms with E-state index in [4.69, 9.17) is 16.3 Å². The lowest BCUT2D eigenvalue weighted by Crippen LogP contribution is -2.45. The number of carbonyl (C=O) groups excluding carboxylic acids is 4. The summed E-state index contributed by atoms with van der Waals surface area (Å²) < 4.78 is 5.44. The van der Waals surface area contributed by atoms with Gasteiger partial charge >= 0.3 is 6.09 Å². The smallest absolute Gasteiger partial charge is 0.411 e. The number of nitrogens with one attached hydrogen (secondary N) is 4. The molecule has 0 heterocycles. The molecule has 218 valence electrons. The monoisotopic (exact) mass is 572 g/mol. The van der Waals surface area contributed by atoms with Crippen LogP contribution >= 0.6 is 11.6 Å². The van der Waals surface area contributed by atoms with Crippen molar-refractivity contribution in [2.75, 3.05) is 25.0 Å². The van der Waals surface area contributed by atoms with Crippen molar-refractivity contribution >= 4 is 41.1 Å². The molecule has 0 radical (unpaired) electrons. The summed E-state index contributed by atoms with van der Waals surface area (Å²) in [5, 5.41) is 11.4. The van der Waals surface area contributed by atoms with Crippen LogP contribution in [-0.4, -0.2) is 43.5 Å². The van der Waals surface area contributed by atoms with Gasteiger partial charge in [-0.15, -0.1) is 0 Å². The Morgan fingerprint density at radius 3 is 2.17 bits per heavy atom. The maximum atomic E-state index is 13.3. The Morgan fingerprint density at radius 2 is 1.55 bits per heavy atom. The summed E-state index contributed by atoms with van der Waals surface area (Å²) >= 11 is 6.22. The van der Waals surface area contributed by atoms with Gasteiger partial charge in [-0.25, -0.2) is 4.79 Å². The third-order valence-corrected chi connectivity index (χ3v) is 6.58. The number of carbonyl (C=O) groups is 4. The van der Waals surface area contributed by atoms with E-state index in [0.717, 1.165) is 17.5 Å². The molecule has 0 aromatic heterocycles. The molecule has 0 aliphatic heterocycles. The van der Waals surface area contributed by atoms with Crippen molar-refractivity contribution in [3.63, 3.8) is 0 Å². The second-order valence-corrected chi connectivity index (χ2v) is 11.6. The van der Waals surface area contributed by atoms with Gasteiger partial charge in [0.1, 0.15) is 6.61 Å². The van der Waals surface area contributed by atoms with Crippen molar-refractivity contribution in [1.82, 2.24) is 16.0 Å². The van der Waals surface area contributed by atoms with E-state index in [1.807, 2.05) is 52.0 Å². The molecule has 0 saturated carbocycles. The molecule has 0 saturated heterocycles. The molecule has 40 heavy (non-hydrogen) atoms. The maximum absolute atomic E-state index is 13.3. The quantitative estimate of drug-likeness (QED) is 0.273. The molecular formula is C30H41ClN4O5. The maximum Gasteiger partial charge on any atom is 0.411 e. The van der Waals surface area contributed by atoms with Crippen molar-refractivity contribution < 1.29 is 23.9 Å². The third-order valence-electron chi connectivity index (χ3n) is 6.21. The van der Waals surface area contributed by atoms with Crippen LogP contribution in [0, 0.1) is 10.8 Å². The fraction of sp³-hybridized carbons (Fsp3) is 0.467. The highest BCUT2D eigenvalue weighted by molar-refractivity contribution is 6.31. The molecule has 4 amide bonds. The molecule has 1 unspecified atom stereocenters. The molecular weight excluding hydrogens is 532 g/mol. The molecule has 1 atom stereocenters. The molecule has 2 aromatic rings. The summed E-state index contributed by atoms with van der Waals surface area (Å²) in [4.78, 5) is 50.1. The molecule has 2 aromatic carbocycles. The molecule has 0 aliphatic rings. The molecule has 2 rings (SSSR count). The normalized spacial score (nSPS) is 12.6. The fourth-order valence-corrected chi connectivity index (χ4v) is 3.95. The van der Waals surface area contributed by atoms with Gasteiger partial charge in [0, 0.05) is 30.2 Å². The Bertz CT molecular complexity index is 1160. The van der Waals surface area contributed by atoms with E-state index in [9.17, 15) is 19.2 Å². The highest BCUT2D eigenvalue weighted by Gasteiger charge is 2.35. The van der Waals surface area contributed by atoms with Gasteiger partial charge in [-0.3, -0.25) is 19.7 Å². The first-order valence-corrected chi connectivity index (χ1v) is 13.8. The molecule has 10 heteroatoms. The Labute approximate surface area is 241 Å². The van der Waals surface area contributed by atoms with Gasteiger partial charge in [0.05, 0.1) is 12.0 Å². The zero-order chi connectivity index (χ0) is 29.8. The van der Waals surface area contributed by atoms with Crippen LogP contribution in [0.2, 0.25) is 5.02 Å². The van der Waals surface area contributed by atoms with Crippen molar-refractivity contribution in [2.24, 2.45) is 10.8 Å². The van der Waals surface area contributed by atoms with E-state index in [-0.39, 0.29) is 55.8 Å². The summed E-state index contributed by atoms with van der Waals surface area (Å²) in [7, 11) is 0. The predicted octanol–water partition coefficient (Wildman–Crippen LogP) is 4.83. The molecule has 4 N–H and O–H groups in total. The van der Waals surface area contributed by atoms with Crippen molar-refractivity contribution in [3.8, 4) is 0 Å². The van der Waals surface area contributed by atoms with Crippen LogP contribution in [0.15, 0.2) is 48.5 Å². The molecule has 0 bridgehead atoms. The van der Waals surface area contributed by atoms with E-state index in [1.54, 1.807) is 31.2 Å². The average molecular weight is 573 g/mol. The van der Waals surface area contributed by atoms with Crippen LogP contribution in [0.3, 0.4) is 0 Å². The van der Waals surface area contributed by atoms with Crippen LogP contribution in [0.1, 0.15) is 58.6 Å². The fourth-order valence-electron chi connectivity index (χ4n) is 3.75. The summed E-state index contributed by atoms with van der Waals surface area (Å²) in [5.74, 6) is -0.953. The van der Waals surface area contributed by atoms with E-state index >= 15 is 0 Å². The van der Waals surface area contributed by atoms with Gasteiger partial charge in [-0.1, -0.05) is 69.6 Å². The predicted molar refractivity (Wildman–Crippen MR) is 157 cm³/mol. The molecule has 9 nitrogen and oxygen atoms in total. The second kappa shape index (κ2) is 15.3. The minimum Gasteiger partial charge on any atom is -0.448 e. The van der Waals surface area contributed by atoms with Crippen LogP contribution in [0.25, 0.3) is 0 Å². The van der Waals surface area contributed by atoms with Crippen molar-refractivity contribution in [3.05, 3.63) is 64.7 Å². The van der Waals surface area contributed by atoms with Gasteiger partial charge in [-0.05, 0) is 54.5 Å². The van der Waals surface area contributed by atoms with Gasteiger partial charge < -0.3 is 20.7 Å². The number of amides is 4. The van der Waals surface area contributed by atoms with E-state index in [0.29, 0.717) is 17.1 Å². The summed E-state index contributed by atoms with van der Waals surface area (Å²) in [5.41, 5.74) is 1.11. The lowest BCUT2D eigenvalue weighted by Gasteiger charge is -2.28. The minimum atomic E-state index is -1.16. The van der Waals surface area contributed by atoms with Crippen LogP contribution in [0.5, 0.6) is 0 Å². The Hall–Kier alpha value is -3.59. The van der Waals surface area contributed by atoms with E-state index in [1.165, 1.54) is 0 Å². The minimum absolute atomic E-state index is 0.132. The van der Waals surface area contributed by atoms with Gasteiger partial charge in [0.2, 0.25) is 17.7 Å². The zero-order valence-electron chi connectivity index (χ0n) is 24.0. The highest BCUT2D eigenvalue weighted by atomic mass is 35.5. The first-order chi connectivity index (χ1) is 18.8. The number of rotatable bonds is 13. The van der Waals surface area contributed by atoms with Gasteiger partial charge in [0.15, 0.2) is 0 Å². The number of halogens is 1. The lowest BCUT2D eigenvalue weighted by atomic mass is 9.86. The Balaban J connectivity index is 1.98. The molecule has 0 aliphatic carbocycles. The third kappa shape index (κ3) is 11.7. The molecule has 0 fully saturated rings. The SMILES string of the molecule is CCc1ccc(NC(=O)OCC(C)(CCNC(=O)CNC(=O)CC(C)(C)C)C(=O)NCc2ccccc2Cl)cc1. The first-order valence-electron chi connectivity index (χ1n) is 13.4.